The number of carbonyl (C=O) groups is 1. The molecule has 0 saturated carbocycles. The normalized spacial score (nSPS) is 15.2. The Kier molecular flexibility index (Phi) is 4.04. The van der Waals surface area contributed by atoms with Crippen LogP contribution in [0.1, 0.15) is 11.4 Å². The van der Waals surface area contributed by atoms with E-state index in [-0.39, 0.29) is 5.91 Å². The van der Waals surface area contributed by atoms with Crippen LogP contribution in [0.3, 0.4) is 0 Å². The molecule has 3 heterocycles. The molecule has 0 N–H and O–H groups in total. The summed E-state index contributed by atoms with van der Waals surface area (Å²) >= 11 is 0. The highest BCUT2D eigenvalue weighted by atomic mass is 16.2. The van der Waals surface area contributed by atoms with Gasteiger partial charge in [0.1, 0.15) is 12.4 Å². The van der Waals surface area contributed by atoms with E-state index in [1.54, 1.807) is 24.9 Å². The lowest BCUT2D eigenvalue weighted by molar-refractivity contribution is -0.132. The van der Waals surface area contributed by atoms with Crippen molar-refractivity contribution in [1.82, 2.24) is 24.4 Å². The summed E-state index contributed by atoms with van der Waals surface area (Å²) in [5.41, 5.74) is 2.02. The van der Waals surface area contributed by atoms with E-state index in [1.165, 1.54) is 0 Å². The molecule has 0 bridgehead atoms. The maximum atomic E-state index is 12.4. The van der Waals surface area contributed by atoms with Gasteiger partial charge in [-0.25, -0.2) is 9.97 Å². The standard InChI is InChI=1S/C15H20N6O/c1-12-13(2)21(11-18-12)10-15(22)20-7-5-19(6-8-20)14-9-16-3-4-17-14/h3-4,9,11H,5-8,10H2,1-2H3. The molecule has 0 aromatic carbocycles. The molecular weight excluding hydrogens is 280 g/mol. The highest BCUT2D eigenvalue weighted by Crippen LogP contribution is 2.12. The Morgan fingerprint density at radius 3 is 2.50 bits per heavy atom. The molecule has 0 unspecified atom stereocenters. The van der Waals surface area contributed by atoms with Crippen LogP contribution in [0.25, 0.3) is 0 Å². The Labute approximate surface area is 129 Å². The number of hydrogen-bond donors (Lipinski definition) is 0. The van der Waals surface area contributed by atoms with Crippen molar-refractivity contribution < 1.29 is 4.79 Å². The molecule has 0 atom stereocenters. The number of imidazole rings is 1. The van der Waals surface area contributed by atoms with Gasteiger partial charge in [-0.1, -0.05) is 0 Å². The Morgan fingerprint density at radius 1 is 1.14 bits per heavy atom. The van der Waals surface area contributed by atoms with Crippen molar-refractivity contribution in [3.63, 3.8) is 0 Å². The summed E-state index contributed by atoms with van der Waals surface area (Å²) in [6.45, 7) is 7.29. The number of piperazine rings is 1. The zero-order chi connectivity index (χ0) is 15.5. The Hall–Kier alpha value is -2.44. The van der Waals surface area contributed by atoms with Gasteiger partial charge in [0, 0.05) is 44.3 Å². The highest BCUT2D eigenvalue weighted by Gasteiger charge is 2.22. The van der Waals surface area contributed by atoms with Crippen LogP contribution >= 0.6 is 0 Å². The Morgan fingerprint density at radius 2 is 1.91 bits per heavy atom. The van der Waals surface area contributed by atoms with Gasteiger partial charge in [0.15, 0.2) is 0 Å². The molecule has 1 amide bonds. The predicted octanol–water partition coefficient (Wildman–Crippen LogP) is 0.639. The van der Waals surface area contributed by atoms with Gasteiger partial charge >= 0.3 is 0 Å². The minimum absolute atomic E-state index is 0.138. The smallest absolute Gasteiger partial charge is 0.242 e. The van der Waals surface area contributed by atoms with Gasteiger partial charge in [-0.05, 0) is 13.8 Å². The fourth-order valence-corrected chi connectivity index (χ4v) is 2.59. The van der Waals surface area contributed by atoms with E-state index in [0.717, 1.165) is 30.3 Å². The molecular formula is C15H20N6O. The molecule has 2 aromatic rings. The maximum absolute atomic E-state index is 12.4. The van der Waals surface area contributed by atoms with E-state index in [2.05, 4.69) is 19.9 Å². The van der Waals surface area contributed by atoms with Crippen molar-refractivity contribution in [1.29, 1.82) is 0 Å². The lowest BCUT2D eigenvalue weighted by atomic mass is 10.3. The average molecular weight is 300 g/mol. The number of rotatable bonds is 3. The summed E-state index contributed by atoms with van der Waals surface area (Å²) in [4.78, 5) is 29.1. The van der Waals surface area contributed by atoms with Crippen LogP contribution in [0, 0.1) is 13.8 Å². The van der Waals surface area contributed by atoms with E-state index in [0.29, 0.717) is 19.6 Å². The topological polar surface area (TPSA) is 67.2 Å². The first-order valence-electron chi connectivity index (χ1n) is 7.42. The molecule has 0 radical (unpaired) electrons. The summed E-state index contributed by atoms with van der Waals surface area (Å²) in [6, 6.07) is 0. The van der Waals surface area contributed by atoms with Crippen LogP contribution < -0.4 is 4.90 Å². The molecule has 7 nitrogen and oxygen atoms in total. The second kappa shape index (κ2) is 6.13. The van der Waals surface area contributed by atoms with Crippen molar-refractivity contribution in [2.24, 2.45) is 0 Å². The number of anilines is 1. The first-order valence-corrected chi connectivity index (χ1v) is 7.42. The molecule has 2 aromatic heterocycles. The molecule has 1 fully saturated rings. The molecule has 0 spiro atoms. The molecule has 1 aliphatic rings. The van der Waals surface area contributed by atoms with Gasteiger partial charge < -0.3 is 14.4 Å². The van der Waals surface area contributed by atoms with Crippen molar-refractivity contribution in [3.05, 3.63) is 36.3 Å². The maximum Gasteiger partial charge on any atom is 0.242 e. The fraction of sp³-hybridized carbons (Fsp3) is 0.467. The number of aromatic nitrogens is 4. The van der Waals surface area contributed by atoms with Gasteiger partial charge in [0.05, 0.1) is 18.2 Å². The first kappa shape index (κ1) is 14.5. The third-order valence-corrected chi connectivity index (χ3v) is 4.16. The van der Waals surface area contributed by atoms with E-state index in [9.17, 15) is 4.79 Å². The third-order valence-electron chi connectivity index (χ3n) is 4.16. The van der Waals surface area contributed by atoms with Crippen molar-refractivity contribution in [2.45, 2.75) is 20.4 Å². The van der Waals surface area contributed by atoms with Gasteiger partial charge in [-0.2, -0.15) is 0 Å². The lowest BCUT2D eigenvalue weighted by Crippen LogP contribution is -2.49. The van der Waals surface area contributed by atoms with Crippen molar-refractivity contribution in [2.75, 3.05) is 31.1 Å². The van der Waals surface area contributed by atoms with Gasteiger partial charge in [0.25, 0.3) is 0 Å². The van der Waals surface area contributed by atoms with Crippen molar-refractivity contribution >= 4 is 11.7 Å². The Balaban J connectivity index is 1.57. The molecule has 1 aliphatic heterocycles. The van der Waals surface area contributed by atoms with Gasteiger partial charge in [-0.15, -0.1) is 0 Å². The molecule has 116 valence electrons. The zero-order valence-electron chi connectivity index (χ0n) is 12.9. The predicted molar refractivity (Wildman–Crippen MR) is 82.5 cm³/mol. The average Bonchev–Trinajstić information content (AvgIpc) is 2.88. The zero-order valence-corrected chi connectivity index (χ0v) is 12.9. The van der Waals surface area contributed by atoms with E-state index < -0.39 is 0 Å². The van der Waals surface area contributed by atoms with Crippen LogP contribution in [0.2, 0.25) is 0 Å². The second-order valence-electron chi connectivity index (χ2n) is 5.47. The van der Waals surface area contributed by atoms with Gasteiger partial charge in [0.2, 0.25) is 5.91 Å². The summed E-state index contributed by atoms with van der Waals surface area (Å²) in [6.07, 6.45) is 6.85. The van der Waals surface area contributed by atoms with Crippen LogP contribution in [0.15, 0.2) is 24.9 Å². The molecule has 3 rings (SSSR count). The van der Waals surface area contributed by atoms with Crippen LogP contribution in [0.5, 0.6) is 0 Å². The van der Waals surface area contributed by atoms with E-state index in [1.807, 2.05) is 23.3 Å². The number of hydrogen-bond acceptors (Lipinski definition) is 5. The van der Waals surface area contributed by atoms with Crippen LogP contribution in [0.4, 0.5) is 5.82 Å². The minimum atomic E-state index is 0.138. The van der Waals surface area contributed by atoms with Crippen LogP contribution in [-0.4, -0.2) is 56.5 Å². The number of amides is 1. The number of carbonyl (C=O) groups excluding carboxylic acids is 1. The van der Waals surface area contributed by atoms with E-state index in [4.69, 9.17) is 0 Å². The minimum Gasteiger partial charge on any atom is -0.352 e. The Bertz CT molecular complexity index is 645. The second-order valence-corrected chi connectivity index (χ2v) is 5.47. The van der Waals surface area contributed by atoms with Crippen LogP contribution in [-0.2, 0) is 11.3 Å². The fourth-order valence-electron chi connectivity index (χ4n) is 2.59. The van der Waals surface area contributed by atoms with E-state index >= 15 is 0 Å². The summed E-state index contributed by atoms with van der Waals surface area (Å²) in [5, 5.41) is 0. The first-order chi connectivity index (χ1) is 10.6. The number of nitrogens with zero attached hydrogens (tertiary/aromatic N) is 6. The number of aryl methyl sites for hydroxylation is 1. The third kappa shape index (κ3) is 2.93. The highest BCUT2D eigenvalue weighted by molar-refractivity contribution is 5.76. The lowest BCUT2D eigenvalue weighted by Gasteiger charge is -2.35. The monoisotopic (exact) mass is 300 g/mol. The quantitative estimate of drug-likeness (QED) is 0.832. The molecule has 1 saturated heterocycles. The molecule has 7 heteroatoms. The summed E-state index contributed by atoms with van der Waals surface area (Å²) in [5.74, 6) is 1.01. The SMILES string of the molecule is Cc1ncn(CC(=O)N2CCN(c3cnccn3)CC2)c1C. The largest absolute Gasteiger partial charge is 0.352 e. The van der Waals surface area contributed by atoms with Gasteiger partial charge in [-0.3, -0.25) is 9.78 Å². The van der Waals surface area contributed by atoms with Crippen molar-refractivity contribution in [3.8, 4) is 0 Å². The summed E-state index contributed by atoms with van der Waals surface area (Å²) in [7, 11) is 0. The molecule has 0 aliphatic carbocycles. The molecule has 22 heavy (non-hydrogen) atoms. The summed E-state index contributed by atoms with van der Waals surface area (Å²) < 4.78 is 1.91.